The van der Waals surface area contributed by atoms with Crippen molar-refractivity contribution in [2.75, 3.05) is 18.5 Å². The van der Waals surface area contributed by atoms with Crippen LogP contribution in [0.5, 0.6) is 5.75 Å². The van der Waals surface area contributed by atoms with Crippen LogP contribution >= 0.6 is 0 Å². The van der Waals surface area contributed by atoms with Gasteiger partial charge in [0.1, 0.15) is 12.6 Å². The number of ketones is 1. The van der Waals surface area contributed by atoms with Gasteiger partial charge in [0.15, 0.2) is 23.2 Å². The maximum Gasteiger partial charge on any atom is 0.313 e. The molecule has 2 aromatic rings. The van der Waals surface area contributed by atoms with Crippen molar-refractivity contribution < 1.29 is 51.4 Å². The van der Waals surface area contributed by atoms with Crippen molar-refractivity contribution in [3.63, 3.8) is 0 Å². The number of nitrogens with one attached hydrogen (secondary N) is 2. The number of hydrogen-bond acceptors (Lipinski definition) is 6. The van der Waals surface area contributed by atoms with Crippen LogP contribution in [-0.4, -0.2) is 64.7 Å². The molecular weight excluding hydrogens is 626 g/mol. The Morgan fingerprint density at radius 1 is 0.979 bits per heavy atom. The Morgan fingerprint density at radius 2 is 1.62 bits per heavy atom. The number of carbonyl (C=O) groups is 5. The molecule has 1 aliphatic heterocycles. The molecule has 1 saturated carbocycles. The monoisotopic (exact) mass is 663 g/mol. The highest BCUT2D eigenvalue weighted by Gasteiger charge is 2.46. The number of rotatable bonds is 9. The van der Waals surface area contributed by atoms with Crippen molar-refractivity contribution in [3.8, 4) is 5.75 Å². The fourth-order valence-electron chi connectivity index (χ4n) is 6.40. The van der Waals surface area contributed by atoms with E-state index in [1.807, 2.05) is 32.9 Å². The van der Waals surface area contributed by atoms with Gasteiger partial charge >= 0.3 is 17.8 Å². The van der Waals surface area contributed by atoms with E-state index in [0.29, 0.717) is 18.5 Å². The average molecular weight is 664 g/mol. The number of nitrogens with zero attached hydrogens (tertiary/aromatic N) is 1. The predicted octanol–water partition coefficient (Wildman–Crippen LogP) is 4.49. The van der Waals surface area contributed by atoms with Crippen LogP contribution in [0.4, 0.5) is 23.2 Å². The first-order valence-electron chi connectivity index (χ1n) is 15.3. The number of anilines is 1. The molecule has 1 aliphatic carbocycles. The van der Waals surface area contributed by atoms with Crippen LogP contribution in [0, 0.1) is 35.1 Å². The van der Waals surface area contributed by atoms with E-state index >= 15 is 0 Å². The Labute approximate surface area is 268 Å². The van der Waals surface area contributed by atoms with Gasteiger partial charge in [-0.25, -0.2) is 8.78 Å². The first-order chi connectivity index (χ1) is 22.1. The third-order valence-electron chi connectivity index (χ3n) is 8.67. The van der Waals surface area contributed by atoms with Crippen LogP contribution in [0.3, 0.4) is 0 Å². The van der Waals surface area contributed by atoms with E-state index in [9.17, 15) is 46.6 Å². The minimum Gasteiger partial charge on any atom is -0.481 e. The van der Waals surface area contributed by atoms with Gasteiger partial charge in [0.2, 0.25) is 17.5 Å². The van der Waals surface area contributed by atoms with Gasteiger partial charge in [0.05, 0.1) is 6.42 Å². The molecule has 0 aromatic heterocycles. The van der Waals surface area contributed by atoms with Crippen molar-refractivity contribution >= 4 is 35.2 Å². The molecule has 0 spiro atoms. The molecular formula is C33H37F4N3O7. The molecule has 3 amide bonds. The Balaban J connectivity index is 1.45. The molecule has 2 aliphatic rings. The lowest BCUT2D eigenvalue weighted by Crippen LogP contribution is -2.58. The fraction of sp³-hybridized carbons (Fsp3) is 0.485. The zero-order chi connectivity index (χ0) is 34.6. The number of benzene rings is 2. The van der Waals surface area contributed by atoms with Gasteiger partial charge in [-0.1, -0.05) is 51.8 Å². The van der Waals surface area contributed by atoms with Crippen LogP contribution in [0.15, 0.2) is 30.3 Å². The van der Waals surface area contributed by atoms with E-state index in [4.69, 9.17) is 4.74 Å². The van der Waals surface area contributed by atoms with Gasteiger partial charge in [0.25, 0.3) is 0 Å². The maximum absolute atomic E-state index is 14.0. The Bertz CT molecular complexity index is 1540. The molecule has 3 N–H and O–H groups in total. The summed E-state index contributed by atoms with van der Waals surface area (Å²) in [5.74, 6) is -14.7. The van der Waals surface area contributed by atoms with E-state index in [2.05, 4.69) is 10.6 Å². The van der Waals surface area contributed by atoms with E-state index < -0.39 is 95.4 Å². The third kappa shape index (κ3) is 8.09. The smallest absolute Gasteiger partial charge is 0.313 e. The summed E-state index contributed by atoms with van der Waals surface area (Å²) in [7, 11) is 0. The lowest BCUT2D eigenvalue weighted by molar-refractivity contribution is -0.151. The minimum atomic E-state index is -1.88. The zero-order valence-electron chi connectivity index (χ0n) is 26.2. The molecule has 4 rings (SSSR count). The molecule has 10 nitrogen and oxygen atoms in total. The summed E-state index contributed by atoms with van der Waals surface area (Å²) in [5.41, 5.74) is 1.06. The maximum atomic E-state index is 14.0. The minimum absolute atomic E-state index is 0.0390. The van der Waals surface area contributed by atoms with E-state index in [0.717, 1.165) is 18.4 Å². The number of piperidine rings is 1. The van der Waals surface area contributed by atoms with E-state index in [1.165, 1.54) is 4.90 Å². The lowest BCUT2D eigenvalue weighted by Gasteiger charge is -2.47. The van der Waals surface area contributed by atoms with Gasteiger partial charge < -0.3 is 25.4 Å². The normalized spacial score (nSPS) is 20.1. The topological polar surface area (TPSA) is 142 Å². The number of para-hydroxylation sites is 1. The fourth-order valence-corrected chi connectivity index (χ4v) is 6.40. The number of amides is 3. The van der Waals surface area contributed by atoms with Gasteiger partial charge in [-0.15, -0.1) is 0 Å². The molecule has 14 heteroatoms. The second kappa shape index (κ2) is 14.5. The largest absolute Gasteiger partial charge is 0.481 e. The number of likely N-dealkylation sites (tertiary alicyclic amines) is 1. The second-order valence-corrected chi connectivity index (χ2v) is 12.9. The first-order valence-corrected chi connectivity index (χ1v) is 15.3. The second-order valence-electron chi connectivity index (χ2n) is 12.9. The number of aliphatic carboxylic acids is 1. The summed E-state index contributed by atoms with van der Waals surface area (Å²) >= 11 is 0. The number of fused-ring (bicyclic) bond motifs is 1. The molecule has 4 atom stereocenters. The summed E-state index contributed by atoms with van der Waals surface area (Å²) in [5, 5.41) is 14.5. The summed E-state index contributed by atoms with van der Waals surface area (Å²) in [4.78, 5) is 66.0. The SMILES string of the molecule is CC(C)(C)c1ccccc1NC(=O)C(=O)N1CC[C@@H](C(=O)NC(CC(=O)O)C(=O)COc2c(F)c(F)cc(F)c2F)C2CCCCC21. The Hall–Kier alpha value is -4.49. The van der Waals surface area contributed by atoms with Gasteiger partial charge in [-0.05, 0) is 42.2 Å². The Morgan fingerprint density at radius 3 is 2.26 bits per heavy atom. The van der Waals surface area contributed by atoms with Crippen LogP contribution in [0.25, 0.3) is 0 Å². The van der Waals surface area contributed by atoms with Crippen LogP contribution in [0.1, 0.15) is 64.9 Å². The molecule has 2 fully saturated rings. The van der Waals surface area contributed by atoms with Gasteiger partial charge in [0, 0.05) is 30.3 Å². The number of Topliss-reactive ketones (excluding diaryl/α,β-unsaturated/α-hetero) is 1. The number of carboxylic acids is 1. The molecule has 0 radical (unpaired) electrons. The van der Waals surface area contributed by atoms with E-state index in [-0.39, 0.29) is 24.4 Å². The predicted molar refractivity (Wildman–Crippen MR) is 160 cm³/mol. The van der Waals surface area contributed by atoms with Crippen molar-refractivity contribution in [1.29, 1.82) is 0 Å². The van der Waals surface area contributed by atoms with Crippen molar-refractivity contribution in [2.24, 2.45) is 11.8 Å². The first kappa shape index (κ1) is 35.4. The number of carboxylic acid groups (broad SMARTS) is 1. The molecule has 254 valence electrons. The molecule has 2 aromatic carbocycles. The van der Waals surface area contributed by atoms with Gasteiger partial charge in [-0.3, -0.25) is 24.0 Å². The Kier molecular flexibility index (Phi) is 10.9. The molecule has 47 heavy (non-hydrogen) atoms. The number of hydrogen-bond donors (Lipinski definition) is 3. The van der Waals surface area contributed by atoms with Gasteiger partial charge in [-0.2, -0.15) is 8.78 Å². The summed E-state index contributed by atoms with van der Waals surface area (Å²) < 4.78 is 59.8. The standard InChI is InChI=1S/C33H37F4N3O7/c1-33(2,3)19-9-5-6-10-22(19)38-31(45)32(46)40-13-12-18(17-8-4-7-11-24(17)40)30(44)39-23(15-26(42)43)25(41)16-47-29-27(36)20(34)14-21(35)28(29)37/h5-6,9-10,14,17-18,23-24H,4,7-8,11-13,15-16H2,1-3H3,(H,38,45)(H,39,44)(H,42,43)/t17?,18-,23?,24?/m1/s1. The average Bonchev–Trinajstić information content (AvgIpc) is 3.02. The zero-order valence-corrected chi connectivity index (χ0v) is 26.2. The summed E-state index contributed by atoms with van der Waals surface area (Å²) in [6.45, 7) is 4.80. The highest BCUT2D eigenvalue weighted by atomic mass is 19.2. The summed E-state index contributed by atoms with van der Waals surface area (Å²) in [6.07, 6.45) is 1.76. The van der Waals surface area contributed by atoms with Crippen molar-refractivity contribution in [1.82, 2.24) is 10.2 Å². The van der Waals surface area contributed by atoms with Crippen LogP contribution < -0.4 is 15.4 Å². The van der Waals surface area contributed by atoms with Crippen LogP contribution in [0.2, 0.25) is 0 Å². The molecule has 3 unspecified atom stereocenters. The lowest BCUT2D eigenvalue weighted by atomic mass is 9.71. The number of carbonyl (C=O) groups excluding carboxylic acids is 4. The van der Waals surface area contributed by atoms with Crippen molar-refractivity contribution in [3.05, 3.63) is 59.2 Å². The highest BCUT2D eigenvalue weighted by Crippen LogP contribution is 2.40. The summed E-state index contributed by atoms with van der Waals surface area (Å²) in [6, 6.07) is 4.98. The van der Waals surface area contributed by atoms with E-state index in [1.54, 1.807) is 12.1 Å². The quantitative estimate of drug-likeness (QED) is 0.204. The number of ether oxygens (including phenoxy) is 1. The molecule has 0 bridgehead atoms. The molecule has 1 heterocycles. The van der Waals surface area contributed by atoms with Crippen LogP contribution in [-0.2, 0) is 29.4 Å². The van der Waals surface area contributed by atoms with Crippen molar-refractivity contribution in [2.45, 2.75) is 76.8 Å². The number of halogens is 4. The third-order valence-corrected chi connectivity index (χ3v) is 8.67. The highest BCUT2D eigenvalue weighted by molar-refractivity contribution is 6.39. The molecule has 1 saturated heterocycles.